The van der Waals surface area contributed by atoms with Crippen LogP contribution in [0.25, 0.3) is 0 Å². The zero-order valence-electron chi connectivity index (χ0n) is 9.57. The van der Waals surface area contributed by atoms with Gasteiger partial charge in [-0.05, 0) is 36.4 Å². The van der Waals surface area contributed by atoms with E-state index in [1.54, 1.807) is 36.4 Å². The van der Waals surface area contributed by atoms with Crippen molar-refractivity contribution in [3.8, 4) is 0 Å². The predicted octanol–water partition coefficient (Wildman–Crippen LogP) is 3.59. The summed E-state index contributed by atoms with van der Waals surface area (Å²) in [5, 5.41) is 2.65. The molecule has 2 rings (SSSR count). The van der Waals surface area contributed by atoms with Crippen LogP contribution in [0.1, 0.15) is 22.2 Å². The summed E-state index contributed by atoms with van der Waals surface area (Å²) in [5.74, 6) is -0.208. The molecule has 1 aromatic carbocycles. The Bertz CT molecular complexity index is 589. The van der Waals surface area contributed by atoms with Crippen molar-refractivity contribution in [2.75, 3.05) is 5.32 Å². The van der Waals surface area contributed by atoms with E-state index in [0.29, 0.717) is 20.5 Å². The molecule has 0 bridgehead atoms. The average Bonchev–Trinajstić information content (AvgIpc) is 2.75. The fourth-order valence-electron chi connectivity index (χ4n) is 1.49. The molecule has 1 amide bonds. The molecule has 0 radical (unpaired) electrons. The summed E-state index contributed by atoms with van der Waals surface area (Å²) in [4.78, 5) is 23.5. The predicted molar refractivity (Wildman–Crippen MR) is 73.5 cm³/mol. The first-order valence-electron chi connectivity index (χ1n) is 5.24. The van der Waals surface area contributed by atoms with E-state index in [9.17, 15) is 9.59 Å². The van der Waals surface area contributed by atoms with E-state index >= 15 is 0 Å². The van der Waals surface area contributed by atoms with Gasteiger partial charge in [-0.3, -0.25) is 9.59 Å². The molecule has 0 aliphatic carbocycles. The molecule has 18 heavy (non-hydrogen) atoms. The van der Waals surface area contributed by atoms with Crippen LogP contribution in [0.4, 0.5) is 5.69 Å². The minimum Gasteiger partial charge on any atom is -0.326 e. The number of hydrogen-bond donors (Lipinski definition) is 1. The second-order valence-electron chi connectivity index (χ2n) is 3.69. The maximum atomic E-state index is 12.1. The Labute approximate surface area is 113 Å². The van der Waals surface area contributed by atoms with Crippen LogP contribution < -0.4 is 5.32 Å². The Balaban J connectivity index is 2.19. The van der Waals surface area contributed by atoms with Crippen LogP contribution in [0, 0.1) is 0 Å². The average molecular weight is 280 g/mol. The van der Waals surface area contributed by atoms with Crippen LogP contribution in [0.15, 0.2) is 36.4 Å². The lowest BCUT2D eigenvalue weighted by atomic mass is 10.1. The van der Waals surface area contributed by atoms with Crippen LogP contribution in [-0.4, -0.2) is 11.7 Å². The van der Waals surface area contributed by atoms with Crippen LogP contribution >= 0.6 is 22.9 Å². The summed E-state index contributed by atoms with van der Waals surface area (Å²) in [5.41, 5.74) is 1.24. The minimum atomic E-state index is -0.140. The molecule has 5 heteroatoms. The first kappa shape index (κ1) is 12.8. The van der Waals surface area contributed by atoms with Crippen molar-refractivity contribution in [2.24, 2.45) is 0 Å². The summed E-state index contributed by atoms with van der Waals surface area (Å²) in [6.45, 7) is 1.44. The number of anilines is 1. The third-order valence-electron chi connectivity index (χ3n) is 2.26. The molecule has 0 saturated heterocycles. The van der Waals surface area contributed by atoms with Crippen molar-refractivity contribution < 1.29 is 9.59 Å². The maximum absolute atomic E-state index is 12.1. The van der Waals surface area contributed by atoms with Gasteiger partial charge >= 0.3 is 0 Å². The van der Waals surface area contributed by atoms with Gasteiger partial charge < -0.3 is 5.32 Å². The first-order chi connectivity index (χ1) is 8.56. The zero-order valence-corrected chi connectivity index (χ0v) is 11.1. The van der Waals surface area contributed by atoms with Gasteiger partial charge in [-0.1, -0.05) is 11.6 Å². The number of nitrogens with one attached hydrogen (secondary N) is 1. The topological polar surface area (TPSA) is 46.2 Å². The second-order valence-corrected chi connectivity index (χ2v) is 5.41. The molecule has 0 saturated carbocycles. The first-order valence-corrected chi connectivity index (χ1v) is 6.43. The molecule has 2 aromatic rings. The van der Waals surface area contributed by atoms with Gasteiger partial charge in [0.1, 0.15) is 0 Å². The van der Waals surface area contributed by atoms with E-state index in [1.165, 1.54) is 18.3 Å². The molecular weight excluding hydrogens is 270 g/mol. The van der Waals surface area contributed by atoms with Gasteiger partial charge in [0.05, 0.1) is 9.21 Å². The summed E-state index contributed by atoms with van der Waals surface area (Å²) in [6.07, 6.45) is 0. The Kier molecular flexibility index (Phi) is 3.79. The Morgan fingerprint density at radius 3 is 2.28 bits per heavy atom. The van der Waals surface area contributed by atoms with E-state index in [1.807, 2.05) is 0 Å². The fourth-order valence-corrected chi connectivity index (χ4v) is 2.49. The molecule has 3 nitrogen and oxygen atoms in total. The van der Waals surface area contributed by atoms with Crippen molar-refractivity contribution in [2.45, 2.75) is 6.92 Å². The molecule has 0 atom stereocenters. The van der Waals surface area contributed by atoms with E-state index in [0.717, 1.165) is 0 Å². The highest BCUT2D eigenvalue weighted by Gasteiger charge is 2.11. The monoisotopic (exact) mass is 279 g/mol. The van der Waals surface area contributed by atoms with Gasteiger partial charge in [0.15, 0.2) is 0 Å². The number of ketones is 1. The third-order valence-corrected chi connectivity index (χ3v) is 3.49. The highest BCUT2D eigenvalue weighted by molar-refractivity contribution is 7.18. The molecule has 1 N–H and O–H groups in total. The molecule has 0 unspecified atom stereocenters. The molecule has 0 aliphatic heterocycles. The number of amides is 1. The number of carbonyl (C=O) groups excluding carboxylic acids is 2. The number of carbonyl (C=O) groups is 2. The molecule has 1 aromatic heterocycles. The van der Waals surface area contributed by atoms with Gasteiger partial charge in [-0.2, -0.15) is 0 Å². The van der Waals surface area contributed by atoms with Crippen molar-refractivity contribution >= 4 is 40.3 Å². The van der Waals surface area contributed by atoms with Crippen molar-refractivity contribution in [3.63, 3.8) is 0 Å². The Morgan fingerprint density at radius 2 is 1.78 bits per heavy atom. The minimum absolute atomic E-state index is 0.0683. The number of halogens is 1. The lowest BCUT2D eigenvalue weighted by Crippen LogP contribution is -2.06. The smallest absolute Gasteiger partial charge is 0.221 e. The van der Waals surface area contributed by atoms with Gasteiger partial charge in [0.25, 0.3) is 0 Å². The quantitative estimate of drug-likeness (QED) is 0.873. The van der Waals surface area contributed by atoms with E-state index in [4.69, 9.17) is 11.6 Å². The lowest BCUT2D eigenvalue weighted by Gasteiger charge is -2.03. The van der Waals surface area contributed by atoms with Crippen molar-refractivity contribution in [3.05, 3.63) is 51.2 Å². The van der Waals surface area contributed by atoms with Gasteiger partial charge in [0.2, 0.25) is 11.7 Å². The van der Waals surface area contributed by atoms with Gasteiger partial charge in [0, 0.05) is 18.2 Å². The van der Waals surface area contributed by atoms with Crippen LogP contribution in [0.5, 0.6) is 0 Å². The standard InChI is InChI=1S/C13H10ClNO2S/c1-8(16)15-10-4-2-9(3-5-10)13(17)11-6-7-12(14)18-11/h2-7H,1H3,(H,15,16). The summed E-state index contributed by atoms with van der Waals surface area (Å²) >= 11 is 7.04. The third kappa shape index (κ3) is 2.97. The van der Waals surface area contributed by atoms with E-state index in [-0.39, 0.29) is 11.7 Å². The van der Waals surface area contributed by atoms with Gasteiger partial charge in [-0.25, -0.2) is 0 Å². The maximum Gasteiger partial charge on any atom is 0.221 e. The summed E-state index contributed by atoms with van der Waals surface area (Å²) < 4.78 is 0.591. The Hall–Kier alpha value is -1.65. The van der Waals surface area contributed by atoms with Gasteiger partial charge in [-0.15, -0.1) is 11.3 Å². The molecule has 1 heterocycles. The van der Waals surface area contributed by atoms with Crippen molar-refractivity contribution in [1.82, 2.24) is 0 Å². The normalized spacial score (nSPS) is 10.1. The molecule has 0 aliphatic rings. The highest BCUT2D eigenvalue weighted by Crippen LogP contribution is 2.24. The number of hydrogen-bond acceptors (Lipinski definition) is 3. The second kappa shape index (κ2) is 5.33. The van der Waals surface area contributed by atoms with Crippen LogP contribution in [-0.2, 0) is 4.79 Å². The Morgan fingerprint density at radius 1 is 1.11 bits per heavy atom. The highest BCUT2D eigenvalue weighted by atomic mass is 35.5. The molecular formula is C13H10ClNO2S. The lowest BCUT2D eigenvalue weighted by molar-refractivity contribution is -0.114. The number of thiophene rings is 1. The number of rotatable bonds is 3. The zero-order chi connectivity index (χ0) is 13.1. The molecule has 0 spiro atoms. The largest absolute Gasteiger partial charge is 0.326 e. The van der Waals surface area contributed by atoms with E-state index in [2.05, 4.69) is 5.32 Å². The van der Waals surface area contributed by atoms with Crippen LogP contribution in [0.2, 0.25) is 4.34 Å². The van der Waals surface area contributed by atoms with E-state index < -0.39 is 0 Å². The fraction of sp³-hybridized carbons (Fsp3) is 0.0769. The van der Waals surface area contributed by atoms with Crippen molar-refractivity contribution in [1.29, 1.82) is 0 Å². The van der Waals surface area contributed by atoms with Crippen LogP contribution in [0.3, 0.4) is 0 Å². The molecule has 0 fully saturated rings. The number of benzene rings is 1. The molecule has 92 valence electrons. The SMILES string of the molecule is CC(=O)Nc1ccc(C(=O)c2ccc(Cl)s2)cc1. The summed E-state index contributed by atoms with van der Waals surface area (Å²) in [6, 6.07) is 10.2. The summed E-state index contributed by atoms with van der Waals surface area (Å²) in [7, 11) is 0.